The largest absolute Gasteiger partial charge is 0.371 e. The van der Waals surface area contributed by atoms with E-state index in [1.807, 2.05) is 0 Å². The van der Waals surface area contributed by atoms with Gasteiger partial charge in [0.25, 0.3) is 0 Å². The third-order valence-electron chi connectivity index (χ3n) is 1.51. The average Bonchev–Trinajstić information content (AvgIpc) is 2.03. The predicted molar refractivity (Wildman–Crippen MR) is 45.5 cm³/mol. The molecular weight excluding hydrogens is 195 g/mol. The summed E-state index contributed by atoms with van der Waals surface area (Å²) in [7, 11) is -5.11. The van der Waals surface area contributed by atoms with Crippen molar-refractivity contribution >= 4 is 15.3 Å². The minimum Gasteiger partial charge on any atom is -0.273 e. The summed E-state index contributed by atoms with van der Waals surface area (Å²) in [4.78, 5) is 10.8. The Kier molecular flexibility index (Phi) is 2.47. The maximum absolute atomic E-state index is 12.2. The highest BCUT2D eigenvalue weighted by Crippen LogP contribution is 2.08. The normalized spacial score (nSPS) is 11.2. The Morgan fingerprint density at radius 3 is 2.08 bits per heavy atom. The quantitative estimate of drug-likeness (QED) is 0.647. The van der Waals surface area contributed by atoms with Crippen LogP contribution >= 0.6 is 0 Å². The SMILES string of the molecule is Cc1ccc(C(=O)S(=O)(=O)F)cc1. The van der Waals surface area contributed by atoms with Crippen LogP contribution in [0.25, 0.3) is 0 Å². The number of carbonyl (C=O) groups excluding carboxylic acids is 1. The highest BCUT2D eigenvalue weighted by atomic mass is 32.3. The molecule has 0 heterocycles. The minimum absolute atomic E-state index is 0.159. The van der Waals surface area contributed by atoms with Crippen molar-refractivity contribution in [2.75, 3.05) is 0 Å². The van der Waals surface area contributed by atoms with Crippen molar-refractivity contribution in [3.8, 4) is 0 Å². The summed E-state index contributed by atoms with van der Waals surface area (Å²) in [6, 6.07) is 5.63. The van der Waals surface area contributed by atoms with Crippen molar-refractivity contribution in [1.29, 1.82) is 0 Å². The van der Waals surface area contributed by atoms with Gasteiger partial charge in [0.05, 0.1) is 0 Å². The topological polar surface area (TPSA) is 51.2 Å². The molecular formula is C8H7FO3S. The van der Waals surface area contributed by atoms with Gasteiger partial charge in [0, 0.05) is 5.56 Å². The Hall–Kier alpha value is -1.23. The van der Waals surface area contributed by atoms with Crippen LogP contribution in [0.3, 0.4) is 0 Å². The van der Waals surface area contributed by atoms with Crippen LogP contribution in [0.5, 0.6) is 0 Å². The summed E-state index contributed by atoms with van der Waals surface area (Å²) < 4.78 is 32.6. The second-order valence-electron chi connectivity index (χ2n) is 2.59. The van der Waals surface area contributed by atoms with Gasteiger partial charge in [-0.05, 0) is 19.1 Å². The van der Waals surface area contributed by atoms with Crippen molar-refractivity contribution in [2.45, 2.75) is 6.92 Å². The molecule has 13 heavy (non-hydrogen) atoms. The molecule has 0 spiro atoms. The number of hydrogen-bond donors (Lipinski definition) is 0. The average molecular weight is 202 g/mol. The van der Waals surface area contributed by atoms with Gasteiger partial charge in [-0.25, -0.2) is 0 Å². The molecule has 0 aromatic heterocycles. The molecule has 70 valence electrons. The molecule has 3 nitrogen and oxygen atoms in total. The smallest absolute Gasteiger partial charge is 0.273 e. The van der Waals surface area contributed by atoms with Crippen molar-refractivity contribution in [2.24, 2.45) is 0 Å². The van der Waals surface area contributed by atoms with E-state index in [1.54, 1.807) is 19.1 Å². The van der Waals surface area contributed by atoms with E-state index < -0.39 is 15.3 Å². The first-order chi connectivity index (χ1) is 5.91. The Balaban J connectivity index is 3.12. The number of hydrogen-bond acceptors (Lipinski definition) is 3. The van der Waals surface area contributed by atoms with E-state index in [-0.39, 0.29) is 5.56 Å². The number of carbonyl (C=O) groups is 1. The van der Waals surface area contributed by atoms with E-state index in [2.05, 4.69) is 0 Å². The van der Waals surface area contributed by atoms with E-state index in [0.29, 0.717) is 0 Å². The van der Waals surface area contributed by atoms with Gasteiger partial charge in [-0.3, -0.25) is 4.79 Å². The fourth-order valence-corrected chi connectivity index (χ4v) is 1.25. The van der Waals surface area contributed by atoms with Crippen molar-refractivity contribution < 1.29 is 17.1 Å². The van der Waals surface area contributed by atoms with E-state index in [1.165, 1.54) is 12.1 Å². The van der Waals surface area contributed by atoms with Gasteiger partial charge < -0.3 is 0 Å². The lowest BCUT2D eigenvalue weighted by Crippen LogP contribution is -2.08. The van der Waals surface area contributed by atoms with Crippen LogP contribution in [0.1, 0.15) is 15.9 Å². The molecule has 1 rings (SSSR count). The molecule has 0 fully saturated rings. The van der Waals surface area contributed by atoms with Crippen LogP contribution in [-0.4, -0.2) is 13.5 Å². The maximum atomic E-state index is 12.2. The Labute approximate surface area is 75.4 Å². The van der Waals surface area contributed by atoms with Gasteiger partial charge in [0.2, 0.25) is 0 Å². The molecule has 5 heteroatoms. The summed E-state index contributed by atoms with van der Waals surface area (Å²) in [6.07, 6.45) is 0. The molecule has 0 amide bonds. The summed E-state index contributed by atoms with van der Waals surface area (Å²) >= 11 is 0. The molecule has 0 aliphatic rings. The molecule has 0 radical (unpaired) electrons. The van der Waals surface area contributed by atoms with Crippen LogP contribution in [0.15, 0.2) is 24.3 Å². The maximum Gasteiger partial charge on any atom is 0.371 e. The van der Waals surface area contributed by atoms with Gasteiger partial charge in [0.15, 0.2) is 0 Å². The van der Waals surface area contributed by atoms with Crippen molar-refractivity contribution in [1.82, 2.24) is 0 Å². The number of benzene rings is 1. The summed E-state index contributed by atoms with van der Waals surface area (Å²) in [5.41, 5.74) is 0.709. The van der Waals surface area contributed by atoms with Crippen LogP contribution in [-0.2, 0) is 10.2 Å². The van der Waals surface area contributed by atoms with Crippen molar-refractivity contribution in [3.05, 3.63) is 35.4 Å². The lowest BCUT2D eigenvalue weighted by atomic mass is 10.2. The highest BCUT2D eigenvalue weighted by Gasteiger charge is 2.22. The van der Waals surface area contributed by atoms with E-state index >= 15 is 0 Å². The lowest BCUT2D eigenvalue weighted by molar-refractivity contribution is 0.107. The van der Waals surface area contributed by atoms with Crippen molar-refractivity contribution in [3.63, 3.8) is 0 Å². The first-order valence-corrected chi connectivity index (χ1v) is 4.85. The van der Waals surface area contributed by atoms with Gasteiger partial charge in [-0.1, -0.05) is 21.6 Å². The molecule has 0 unspecified atom stereocenters. The zero-order valence-corrected chi connectivity index (χ0v) is 7.64. The standard InChI is InChI=1S/C8H7FO3S/c1-6-2-4-7(5-3-6)8(10)13(9,11)12/h2-5H,1H3. The van der Waals surface area contributed by atoms with Crippen LogP contribution in [0.4, 0.5) is 3.89 Å². The van der Waals surface area contributed by atoms with E-state index in [9.17, 15) is 17.1 Å². The van der Waals surface area contributed by atoms with E-state index in [4.69, 9.17) is 0 Å². The third kappa shape index (κ3) is 2.35. The first kappa shape index (κ1) is 9.85. The molecule has 1 aromatic rings. The number of halogens is 1. The second kappa shape index (κ2) is 3.26. The fourth-order valence-electron chi connectivity index (χ4n) is 0.830. The second-order valence-corrected chi connectivity index (χ2v) is 3.84. The highest BCUT2D eigenvalue weighted by molar-refractivity contribution is 8.02. The van der Waals surface area contributed by atoms with Gasteiger partial charge in [0.1, 0.15) is 0 Å². The Bertz CT molecular complexity index is 419. The monoisotopic (exact) mass is 202 g/mol. The van der Waals surface area contributed by atoms with Crippen LogP contribution < -0.4 is 0 Å². The number of aryl methyl sites for hydroxylation is 1. The summed E-state index contributed by atoms with van der Waals surface area (Å²) in [6.45, 7) is 1.78. The summed E-state index contributed by atoms with van der Waals surface area (Å²) in [5, 5.41) is -1.49. The number of rotatable bonds is 1. The van der Waals surface area contributed by atoms with Gasteiger partial charge >= 0.3 is 15.3 Å². The lowest BCUT2D eigenvalue weighted by Gasteiger charge is -1.95. The molecule has 0 saturated carbocycles. The van der Waals surface area contributed by atoms with Crippen LogP contribution in [0, 0.1) is 6.92 Å². The molecule has 0 atom stereocenters. The zero-order chi connectivity index (χ0) is 10.1. The third-order valence-corrected chi connectivity index (χ3v) is 2.19. The Morgan fingerprint density at radius 2 is 1.69 bits per heavy atom. The molecule has 0 aliphatic carbocycles. The van der Waals surface area contributed by atoms with Crippen LogP contribution in [0.2, 0.25) is 0 Å². The molecule has 0 bridgehead atoms. The minimum atomic E-state index is -5.11. The zero-order valence-electron chi connectivity index (χ0n) is 6.82. The molecule has 0 aliphatic heterocycles. The summed E-state index contributed by atoms with van der Waals surface area (Å²) in [5.74, 6) is 0. The fraction of sp³-hybridized carbons (Fsp3) is 0.125. The first-order valence-electron chi connectivity index (χ1n) is 3.47. The Morgan fingerprint density at radius 1 is 1.23 bits per heavy atom. The van der Waals surface area contributed by atoms with Gasteiger partial charge in [-0.2, -0.15) is 8.42 Å². The molecule has 1 aromatic carbocycles. The predicted octanol–water partition coefficient (Wildman–Crippen LogP) is 1.43. The molecule has 0 N–H and O–H groups in total. The van der Waals surface area contributed by atoms with E-state index in [0.717, 1.165) is 5.56 Å². The molecule has 0 saturated heterocycles. The van der Waals surface area contributed by atoms with Gasteiger partial charge in [-0.15, -0.1) is 0 Å².